The number of aromatic nitrogens is 1. The van der Waals surface area contributed by atoms with Crippen LogP contribution in [0.1, 0.15) is 20.8 Å². The predicted octanol–water partition coefficient (Wildman–Crippen LogP) is 1.51. The molecule has 0 aliphatic carbocycles. The van der Waals surface area contributed by atoms with Crippen molar-refractivity contribution in [3.63, 3.8) is 0 Å². The Bertz CT molecular complexity index is 684. The summed E-state index contributed by atoms with van der Waals surface area (Å²) in [7, 11) is 2.98. The number of carbonyl (C=O) groups excluding carboxylic acids is 2. The summed E-state index contributed by atoms with van der Waals surface area (Å²) in [5.74, 6) is -0.0964. The number of benzene rings is 1. The first-order valence-electron chi connectivity index (χ1n) is 5.84. The number of rotatable bonds is 5. The molecule has 0 bridgehead atoms. The fraction of sp³-hybridized carbons (Fsp3) is 0.154. The first kappa shape index (κ1) is 14.8. The Morgan fingerprint density at radius 1 is 1.29 bits per heavy atom. The highest BCUT2D eigenvalue weighted by atomic mass is 32.1. The highest BCUT2D eigenvalue weighted by Crippen LogP contribution is 2.26. The molecule has 0 atom stereocenters. The molecule has 8 heteroatoms. The zero-order valence-corrected chi connectivity index (χ0v) is 12.2. The number of hydrogen-bond acceptors (Lipinski definition) is 6. The molecule has 1 aromatic heterocycles. The van der Waals surface area contributed by atoms with Crippen molar-refractivity contribution < 1.29 is 19.1 Å². The summed E-state index contributed by atoms with van der Waals surface area (Å²) in [6, 6.07) is 4.83. The van der Waals surface area contributed by atoms with Crippen molar-refractivity contribution in [2.24, 2.45) is 5.73 Å². The highest BCUT2D eigenvalue weighted by molar-refractivity contribution is 7.14. The molecule has 0 fully saturated rings. The van der Waals surface area contributed by atoms with E-state index in [4.69, 9.17) is 15.2 Å². The molecule has 0 unspecified atom stereocenters. The zero-order valence-electron chi connectivity index (χ0n) is 11.4. The Labute approximate surface area is 124 Å². The number of hydrogen-bond donors (Lipinski definition) is 2. The number of methoxy groups -OCH3 is 2. The van der Waals surface area contributed by atoms with Gasteiger partial charge < -0.3 is 15.2 Å². The van der Waals surface area contributed by atoms with E-state index < -0.39 is 11.8 Å². The Hall–Kier alpha value is -2.61. The van der Waals surface area contributed by atoms with Gasteiger partial charge in [-0.05, 0) is 12.1 Å². The van der Waals surface area contributed by atoms with E-state index in [1.807, 2.05) is 0 Å². The number of primary amides is 1. The number of amides is 2. The normalized spacial score (nSPS) is 10.0. The maximum atomic E-state index is 12.2. The summed E-state index contributed by atoms with van der Waals surface area (Å²) in [4.78, 5) is 27.1. The summed E-state index contributed by atoms with van der Waals surface area (Å²) >= 11 is 1.11. The second kappa shape index (κ2) is 6.23. The largest absolute Gasteiger partial charge is 0.497 e. The quantitative estimate of drug-likeness (QED) is 0.871. The van der Waals surface area contributed by atoms with Crippen LogP contribution in [0.2, 0.25) is 0 Å². The van der Waals surface area contributed by atoms with Gasteiger partial charge in [0.2, 0.25) is 0 Å². The van der Waals surface area contributed by atoms with Crippen LogP contribution in [0.4, 0.5) is 5.13 Å². The minimum atomic E-state index is -0.645. The fourth-order valence-electron chi connectivity index (χ4n) is 1.59. The third kappa shape index (κ3) is 3.29. The number of carbonyl (C=O) groups is 2. The van der Waals surface area contributed by atoms with E-state index >= 15 is 0 Å². The van der Waals surface area contributed by atoms with Crippen LogP contribution in [-0.2, 0) is 0 Å². The summed E-state index contributed by atoms with van der Waals surface area (Å²) in [5.41, 5.74) is 5.54. The second-order valence-electron chi connectivity index (χ2n) is 3.92. The molecule has 110 valence electrons. The van der Waals surface area contributed by atoms with Crippen LogP contribution in [0.25, 0.3) is 0 Å². The summed E-state index contributed by atoms with van der Waals surface area (Å²) < 4.78 is 10.2. The molecular weight excluding hydrogens is 294 g/mol. The molecular formula is C13H13N3O4S. The zero-order chi connectivity index (χ0) is 15.4. The van der Waals surface area contributed by atoms with E-state index in [1.165, 1.54) is 19.6 Å². The van der Waals surface area contributed by atoms with Crippen molar-refractivity contribution in [2.45, 2.75) is 0 Å². The SMILES string of the molecule is COc1ccc(C(=O)Nc2nc(C(N)=O)cs2)c(OC)c1. The van der Waals surface area contributed by atoms with Gasteiger partial charge in [-0.15, -0.1) is 11.3 Å². The Balaban J connectivity index is 2.21. The average Bonchev–Trinajstić information content (AvgIpc) is 2.95. The van der Waals surface area contributed by atoms with Crippen molar-refractivity contribution in [3.05, 3.63) is 34.8 Å². The van der Waals surface area contributed by atoms with E-state index in [1.54, 1.807) is 18.2 Å². The molecule has 0 radical (unpaired) electrons. The maximum Gasteiger partial charge on any atom is 0.268 e. The van der Waals surface area contributed by atoms with Crippen LogP contribution in [0.5, 0.6) is 11.5 Å². The van der Waals surface area contributed by atoms with Gasteiger partial charge in [-0.3, -0.25) is 14.9 Å². The summed E-state index contributed by atoms with van der Waals surface area (Å²) in [6.07, 6.45) is 0. The third-order valence-electron chi connectivity index (χ3n) is 2.63. The lowest BCUT2D eigenvalue weighted by Gasteiger charge is -2.09. The second-order valence-corrected chi connectivity index (χ2v) is 4.78. The summed E-state index contributed by atoms with van der Waals surface area (Å²) in [5, 5.41) is 4.34. The van der Waals surface area contributed by atoms with E-state index in [2.05, 4.69) is 10.3 Å². The molecule has 2 rings (SSSR count). The van der Waals surface area contributed by atoms with Crippen molar-refractivity contribution in [3.8, 4) is 11.5 Å². The van der Waals surface area contributed by atoms with Gasteiger partial charge in [0.1, 0.15) is 17.2 Å². The Morgan fingerprint density at radius 2 is 2.05 bits per heavy atom. The molecule has 0 aliphatic heterocycles. The Kier molecular flexibility index (Phi) is 4.39. The number of nitrogens with one attached hydrogen (secondary N) is 1. The molecule has 21 heavy (non-hydrogen) atoms. The molecule has 0 saturated carbocycles. The van der Waals surface area contributed by atoms with Crippen LogP contribution in [0.15, 0.2) is 23.6 Å². The van der Waals surface area contributed by atoms with Gasteiger partial charge in [-0.1, -0.05) is 0 Å². The molecule has 1 heterocycles. The van der Waals surface area contributed by atoms with Gasteiger partial charge in [0.15, 0.2) is 5.13 Å². The standard InChI is InChI=1S/C13H13N3O4S/c1-19-7-3-4-8(10(5-7)20-2)12(18)16-13-15-9(6-21-13)11(14)17/h3-6H,1-2H3,(H2,14,17)(H,15,16,18). The maximum absolute atomic E-state index is 12.2. The minimum Gasteiger partial charge on any atom is -0.497 e. The minimum absolute atomic E-state index is 0.108. The van der Waals surface area contributed by atoms with Crippen molar-refractivity contribution >= 4 is 28.3 Å². The van der Waals surface area contributed by atoms with Crippen LogP contribution in [0.3, 0.4) is 0 Å². The number of nitrogens with zero attached hydrogens (tertiary/aromatic N) is 1. The fourth-order valence-corrected chi connectivity index (χ4v) is 2.29. The van der Waals surface area contributed by atoms with Crippen LogP contribution < -0.4 is 20.5 Å². The molecule has 0 saturated heterocycles. The third-order valence-corrected chi connectivity index (χ3v) is 3.39. The molecule has 7 nitrogen and oxygen atoms in total. The number of thiazole rings is 1. The lowest BCUT2D eigenvalue weighted by Crippen LogP contribution is -2.14. The smallest absolute Gasteiger partial charge is 0.268 e. The van der Waals surface area contributed by atoms with Crippen LogP contribution >= 0.6 is 11.3 Å². The Morgan fingerprint density at radius 3 is 2.62 bits per heavy atom. The molecule has 3 N–H and O–H groups in total. The predicted molar refractivity (Wildman–Crippen MR) is 78.1 cm³/mol. The molecule has 2 amide bonds. The van der Waals surface area contributed by atoms with Crippen LogP contribution in [-0.4, -0.2) is 31.0 Å². The molecule has 2 aromatic rings. The van der Waals surface area contributed by atoms with Crippen molar-refractivity contribution in [2.75, 3.05) is 19.5 Å². The topological polar surface area (TPSA) is 104 Å². The monoisotopic (exact) mass is 307 g/mol. The van der Waals surface area contributed by atoms with Gasteiger partial charge in [0.05, 0.1) is 19.8 Å². The molecule has 0 spiro atoms. The highest BCUT2D eigenvalue weighted by Gasteiger charge is 2.15. The average molecular weight is 307 g/mol. The lowest BCUT2D eigenvalue weighted by molar-refractivity contribution is 0.0991. The number of anilines is 1. The van der Waals surface area contributed by atoms with Gasteiger partial charge in [-0.25, -0.2) is 4.98 Å². The first-order chi connectivity index (χ1) is 10.0. The summed E-state index contributed by atoms with van der Waals surface area (Å²) in [6.45, 7) is 0. The molecule has 1 aromatic carbocycles. The molecule has 0 aliphatic rings. The van der Waals surface area contributed by atoms with Crippen molar-refractivity contribution in [1.29, 1.82) is 0 Å². The number of ether oxygens (including phenoxy) is 2. The van der Waals surface area contributed by atoms with Gasteiger partial charge in [0.25, 0.3) is 11.8 Å². The lowest BCUT2D eigenvalue weighted by atomic mass is 10.2. The van der Waals surface area contributed by atoms with E-state index in [0.717, 1.165) is 11.3 Å². The van der Waals surface area contributed by atoms with E-state index in [0.29, 0.717) is 17.1 Å². The number of nitrogens with two attached hydrogens (primary N) is 1. The van der Waals surface area contributed by atoms with Gasteiger partial charge in [0, 0.05) is 11.4 Å². The van der Waals surface area contributed by atoms with Gasteiger partial charge >= 0.3 is 0 Å². The van der Waals surface area contributed by atoms with E-state index in [9.17, 15) is 9.59 Å². The van der Waals surface area contributed by atoms with Gasteiger partial charge in [-0.2, -0.15) is 0 Å². The van der Waals surface area contributed by atoms with Crippen LogP contribution in [0, 0.1) is 0 Å². The first-order valence-corrected chi connectivity index (χ1v) is 6.72. The van der Waals surface area contributed by atoms with Crippen molar-refractivity contribution in [1.82, 2.24) is 4.98 Å². The van der Waals surface area contributed by atoms with E-state index in [-0.39, 0.29) is 10.8 Å².